The molecule has 4 heteroatoms. The van der Waals surface area contributed by atoms with Crippen LogP contribution in [0.25, 0.3) is 0 Å². The summed E-state index contributed by atoms with van der Waals surface area (Å²) in [4.78, 5) is 14.5. The predicted octanol–water partition coefficient (Wildman–Crippen LogP) is 1.67. The van der Waals surface area contributed by atoms with Gasteiger partial charge in [-0.15, -0.1) is 0 Å². The van der Waals surface area contributed by atoms with Crippen molar-refractivity contribution in [2.75, 3.05) is 24.7 Å². The number of benzene rings is 1. The number of ether oxygens (including phenoxy) is 1. The van der Waals surface area contributed by atoms with Crippen molar-refractivity contribution in [3.63, 3.8) is 0 Å². The zero-order valence-corrected chi connectivity index (χ0v) is 12.1. The van der Waals surface area contributed by atoms with Gasteiger partial charge in [-0.2, -0.15) is 0 Å². The molecule has 0 aliphatic carbocycles. The van der Waals surface area contributed by atoms with E-state index < -0.39 is 5.41 Å². The number of carbonyl (C=O) groups is 1. The summed E-state index contributed by atoms with van der Waals surface area (Å²) in [7, 11) is 0. The molecule has 2 N–H and O–H groups in total. The van der Waals surface area contributed by atoms with Gasteiger partial charge in [0, 0.05) is 30.8 Å². The summed E-state index contributed by atoms with van der Waals surface area (Å²) in [6.45, 7) is 6.05. The first-order valence-corrected chi connectivity index (χ1v) is 7.26. The lowest BCUT2D eigenvalue weighted by Gasteiger charge is -2.26. The number of para-hydroxylation sites is 1. The van der Waals surface area contributed by atoms with Gasteiger partial charge in [-0.05, 0) is 31.9 Å². The molecule has 1 aromatic carbocycles. The van der Waals surface area contributed by atoms with Gasteiger partial charge in [0.1, 0.15) is 0 Å². The SMILES string of the molecule is CC1(C)C(=O)N(CC(N)C2CCOC2)c2ccccc21. The van der Waals surface area contributed by atoms with Crippen molar-refractivity contribution in [2.24, 2.45) is 11.7 Å². The molecule has 4 nitrogen and oxygen atoms in total. The number of anilines is 1. The third-order valence-corrected chi connectivity index (χ3v) is 4.61. The Labute approximate surface area is 119 Å². The van der Waals surface area contributed by atoms with E-state index in [4.69, 9.17) is 10.5 Å². The first kappa shape index (κ1) is 13.6. The normalized spacial score (nSPS) is 25.9. The van der Waals surface area contributed by atoms with Gasteiger partial charge in [0.05, 0.1) is 12.0 Å². The van der Waals surface area contributed by atoms with Crippen LogP contribution in [-0.4, -0.2) is 31.7 Å². The van der Waals surface area contributed by atoms with Crippen LogP contribution in [-0.2, 0) is 14.9 Å². The van der Waals surface area contributed by atoms with Crippen molar-refractivity contribution in [3.8, 4) is 0 Å². The van der Waals surface area contributed by atoms with Crippen molar-refractivity contribution in [1.82, 2.24) is 0 Å². The van der Waals surface area contributed by atoms with Gasteiger partial charge in [-0.3, -0.25) is 4.79 Å². The number of carbonyl (C=O) groups excluding carboxylic acids is 1. The Kier molecular flexibility index (Phi) is 3.30. The van der Waals surface area contributed by atoms with Crippen LogP contribution in [0.2, 0.25) is 0 Å². The number of fused-ring (bicyclic) bond motifs is 1. The highest BCUT2D eigenvalue weighted by molar-refractivity contribution is 6.07. The van der Waals surface area contributed by atoms with E-state index >= 15 is 0 Å². The van der Waals surface area contributed by atoms with Crippen LogP contribution in [0.4, 0.5) is 5.69 Å². The van der Waals surface area contributed by atoms with Crippen molar-refractivity contribution < 1.29 is 9.53 Å². The number of amides is 1. The lowest BCUT2D eigenvalue weighted by molar-refractivity contribution is -0.122. The molecule has 0 aromatic heterocycles. The average Bonchev–Trinajstić information content (AvgIpc) is 3.02. The van der Waals surface area contributed by atoms with E-state index in [0.29, 0.717) is 19.1 Å². The zero-order valence-electron chi connectivity index (χ0n) is 12.1. The monoisotopic (exact) mass is 274 g/mol. The van der Waals surface area contributed by atoms with Crippen LogP contribution in [0, 0.1) is 5.92 Å². The summed E-state index contributed by atoms with van der Waals surface area (Å²) >= 11 is 0. The lowest BCUT2D eigenvalue weighted by atomic mass is 9.86. The second kappa shape index (κ2) is 4.86. The average molecular weight is 274 g/mol. The molecular weight excluding hydrogens is 252 g/mol. The third kappa shape index (κ3) is 2.03. The van der Waals surface area contributed by atoms with E-state index in [1.54, 1.807) is 0 Å². The number of hydrogen-bond donors (Lipinski definition) is 1. The third-order valence-electron chi connectivity index (χ3n) is 4.61. The number of nitrogens with two attached hydrogens (primary N) is 1. The predicted molar refractivity (Wildman–Crippen MR) is 78.7 cm³/mol. The Hall–Kier alpha value is -1.39. The fourth-order valence-corrected chi connectivity index (χ4v) is 3.23. The molecule has 1 amide bonds. The van der Waals surface area contributed by atoms with Gasteiger partial charge < -0.3 is 15.4 Å². The Morgan fingerprint density at radius 1 is 1.45 bits per heavy atom. The Morgan fingerprint density at radius 2 is 2.20 bits per heavy atom. The highest BCUT2D eigenvalue weighted by Crippen LogP contribution is 2.41. The van der Waals surface area contributed by atoms with Gasteiger partial charge in [0.2, 0.25) is 5.91 Å². The highest BCUT2D eigenvalue weighted by Gasteiger charge is 2.44. The maximum Gasteiger partial charge on any atom is 0.237 e. The van der Waals surface area contributed by atoms with Crippen LogP contribution in [0.15, 0.2) is 24.3 Å². The molecule has 2 aliphatic heterocycles. The minimum Gasteiger partial charge on any atom is -0.381 e. The van der Waals surface area contributed by atoms with Crippen molar-refractivity contribution in [2.45, 2.75) is 31.7 Å². The van der Waals surface area contributed by atoms with Gasteiger partial charge in [0.15, 0.2) is 0 Å². The zero-order chi connectivity index (χ0) is 14.3. The van der Waals surface area contributed by atoms with Gasteiger partial charge in [-0.25, -0.2) is 0 Å². The largest absolute Gasteiger partial charge is 0.381 e. The van der Waals surface area contributed by atoms with E-state index in [1.807, 2.05) is 43.0 Å². The van der Waals surface area contributed by atoms with Gasteiger partial charge in [-0.1, -0.05) is 18.2 Å². The lowest BCUT2D eigenvalue weighted by Crippen LogP contribution is -2.46. The van der Waals surface area contributed by atoms with E-state index in [-0.39, 0.29) is 11.9 Å². The number of nitrogens with zero attached hydrogens (tertiary/aromatic N) is 1. The quantitative estimate of drug-likeness (QED) is 0.912. The second-order valence-corrected chi connectivity index (χ2v) is 6.35. The minimum atomic E-state index is -0.456. The molecule has 108 valence electrons. The Balaban J connectivity index is 1.85. The first-order valence-electron chi connectivity index (χ1n) is 7.26. The van der Waals surface area contributed by atoms with Crippen molar-refractivity contribution in [3.05, 3.63) is 29.8 Å². The molecule has 20 heavy (non-hydrogen) atoms. The summed E-state index contributed by atoms with van der Waals surface area (Å²) in [5, 5.41) is 0. The molecule has 2 atom stereocenters. The molecule has 1 fully saturated rings. The molecule has 0 bridgehead atoms. The topological polar surface area (TPSA) is 55.6 Å². The molecule has 1 saturated heterocycles. The molecule has 0 radical (unpaired) electrons. The van der Waals surface area contributed by atoms with Crippen molar-refractivity contribution >= 4 is 11.6 Å². The van der Waals surface area contributed by atoms with E-state index in [1.165, 1.54) is 0 Å². The molecule has 2 aliphatic rings. The Bertz CT molecular complexity index is 521. The van der Waals surface area contributed by atoms with E-state index in [9.17, 15) is 4.79 Å². The highest BCUT2D eigenvalue weighted by atomic mass is 16.5. The first-order chi connectivity index (χ1) is 9.51. The van der Waals surface area contributed by atoms with Crippen LogP contribution < -0.4 is 10.6 Å². The fraction of sp³-hybridized carbons (Fsp3) is 0.562. The molecular formula is C16H22N2O2. The molecule has 2 unspecified atom stereocenters. The van der Waals surface area contributed by atoms with E-state index in [0.717, 1.165) is 24.3 Å². The van der Waals surface area contributed by atoms with Crippen LogP contribution in [0.5, 0.6) is 0 Å². The maximum atomic E-state index is 12.7. The van der Waals surface area contributed by atoms with E-state index in [2.05, 4.69) is 0 Å². The summed E-state index contributed by atoms with van der Waals surface area (Å²) in [5.41, 5.74) is 7.95. The second-order valence-electron chi connectivity index (χ2n) is 6.35. The summed E-state index contributed by atoms with van der Waals surface area (Å²) < 4.78 is 5.40. The van der Waals surface area contributed by atoms with Crippen LogP contribution in [0.1, 0.15) is 25.8 Å². The van der Waals surface area contributed by atoms with Crippen LogP contribution >= 0.6 is 0 Å². The van der Waals surface area contributed by atoms with Gasteiger partial charge >= 0.3 is 0 Å². The number of rotatable bonds is 3. The number of hydrogen-bond acceptors (Lipinski definition) is 3. The van der Waals surface area contributed by atoms with Crippen LogP contribution in [0.3, 0.4) is 0 Å². The minimum absolute atomic E-state index is 0.0246. The fourth-order valence-electron chi connectivity index (χ4n) is 3.23. The van der Waals surface area contributed by atoms with Gasteiger partial charge in [0.25, 0.3) is 0 Å². The molecule has 2 heterocycles. The molecule has 3 rings (SSSR count). The molecule has 0 spiro atoms. The summed E-state index contributed by atoms with van der Waals surface area (Å²) in [6, 6.07) is 7.99. The summed E-state index contributed by atoms with van der Waals surface area (Å²) in [5.74, 6) is 0.506. The smallest absolute Gasteiger partial charge is 0.237 e. The molecule has 1 aromatic rings. The maximum absolute atomic E-state index is 12.7. The van der Waals surface area contributed by atoms with Crippen molar-refractivity contribution in [1.29, 1.82) is 0 Å². The Morgan fingerprint density at radius 3 is 2.90 bits per heavy atom. The standard InChI is InChI=1S/C16H22N2O2/c1-16(2)12-5-3-4-6-14(12)18(15(16)19)9-13(17)11-7-8-20-10-11/h3-6,11,13H,7-10,17H2,1-2H3. The summed E-state index contributed by atoms with van der Waals surface area (Å²) in [6.07, 6.45) is 0.994. The molecule has 0 saturated carbocycles.